The van der Waals surface area contributed by atoms with E-state index in [1.807, 2.05) is 4.68 Å². The topological polar surface area (TPSA) is 42.7 Å². The van der Waals surface area contributed by atoms with Crippen molar-refractivity contribution in [2.24, 2.45) is 0 Å². The van der Waals surface area contributed by atoms with Crippen LogP contribution < -0.4 is 5.32 Å². The molecular weight excluding hydrogens is 220 g/mol. The zero-order valence-electron chi connectivity index (χ0n) is 9.80. The van der Waals surface area contributed by atoms with Crippen LogP contribution in [0.25, 0.3) is 0 Å². The molecule has 4 nitrogen and oxygen atoms in total. The van der Waals surface area contributed by atoms with E-state index in [4.69, 9.17) is 0 Å². The zero-order valence-corrected chi connectivity index (χ0v) is 10.6. The fourth-order valence-corrected chi connectivity index (χ4v) is 3.12. The lowest BCUT2D eigenvalue weighted by molar-refractivity contribution is 0.401. The molecule has 1 aromatic rings. The summed E-state index contributed by atoms with van der Waals surface area (Å²) in [5, 5.41) is 7.81. The van der Waals surface area contributed by atoms with E-state index >= 15 is 0 Å². The van der Waals surface area contributed by atoms with Gasteiger partial charge in [0.1, 0.15) is 12.7 Å². The molecule has 0 saturated carbocycles. The van der Waals surface area contributed by atoms with E-state index in [9.17, 15) is 0 Å². The van der Waals surface area contributed by atoms with Crippen molar-refractivity contribution >= 4 is 11.8 Å². The fourth-order valence-electron chi connectivity index (χ4n) is 2.03. The van der Waals surface area contributed by atoms with Gasteiger partial charge in [0, 0.05) is 24.4 Å². The summed E-state index contributed by atoms with van der Waals surface area (Å²) in [6.07, 6.45) is 7.18. The summed E-state index contributed by atoms with van der Waals surface area (Å²) < 4.78 is 1.90. The van der Waals surface area contributed by atoms with Crippen molar-refractivity contribution in [1.29, 1.82) is 0 Å². The van der Waals surface area contributed by atoms with E-state index < -0.39 is 0 Å². The number of rotatable bonds is 5. The molecule has 1 fully saturated rings. The standard InChI is InChI=1S/C11H20N4S/c1-10(4-5-15-9-12-8-13-15)14-11-3-2-6-16-7-11/h8-11,14H,2-7H2,1H3. The van der Waals surface area contributed by atoms with Crippen LogP contribution in [0.3, 0.4) is 0 Å². The highest BCUT2D eigenvalue weighted by atomic mass is 32.2. The van der Waals surface area contributed by atoms with Gasteiger partial charge >= 0.3 is 0 Å². The molecule has 1 aliphatic rings. The lowest BCUT2D eigenvalue weighted by Gasteiger charge is -2.26. The van der Waals surface area contributed by atoms with E-state index in [2.05, 4.69) is 34.1 Å². The zero-order chi connectivity index (χ0) is 11.2. The first-order valence-corrected chi connectivity index (χ1v) is 7.16. The first kappa shape index (κ1) is 11.9. The molecule has 2 heterocycles. The minimum atomic E-state index is 0.563. The minimum Gasteiger partial charge on any atom is -0.311 e. The monoisotopic (exact) mass is 240 g/mol. The van der Waals surface area contributed by atoms with Gasteiger partial charge in [-0.3, -0.25) is 4.68 Å². The van der Waals surface area contributed by atoms with Gasteiger partial charge in [-0.05, 0) is 31.9 Å². The van der Waals surface area contributed by atoms with Gasteiger partial charge in [0.25, 0.3) is 0 Å². The third-order valence-corrected chi connectivity index (χ3v) is 4.15. The summed E-state index contributed by atoms with van der Waals surface area (Å²) in [6.45, 7) is 3.21. The maximum atomic E-state index is 4.11. The molecule has 90 valence electrons. The number of aryl methyl sites for hydroxylation is 1. The summed E-state index contributed by atoms with van der Waals surface area (Å²) in [4.78, 5) is 3.94. The maximum Gasteiger partial charge on any atom is 0.137 e. The highest BCUT2D eigenvalue weighted by Gasteiger charge is 2.15. The summed E-state index contributed by atoms with van der Waals surface area (Å²) >= 11 is 2.07. The molecule has 1 N–H and O–H groups in total. The fraction of sp³-hybridized carbons (Fsp3) is 0.818. The normalized spacial score (nSPS) is 23.2. The average Bonchev–Trinajstić information content (AvgIpc) is 2.81. The van der Waals surface area contributed by atoms with Crippen LogP contribution >= 0.6 is 11.8 Å². The third-order valence-electron chi connectivity index (χ3n) is 2.94. The van der Waals surface area contributed by atoms with Crippen molar-refractivity contribution in [3.63, 3.8) is 0 Å². The van der Waals surface area contributed by atoms with Gasteiger partial charge in [0.2, 0.25) is 0 Å². The molecule has 16 heavy (non-hydrogen) atoms. The highest BCUT2D eigenvalue weighted by Crippen LogP contribution is 2.17. The van der Waals surface area contributed by atoms with Crippen LogP contribution in [0, 0.1) is 0 Å². The van der Waals surface area contributed by atoms with Crippen molar-refractivity contribution < 1.29 is 0 Å². The van der Waals surface area contributed by atoms with Gasteiger partial charge in [-0.15, -0.1) is 0 Å². The largest absolute Gasteiger partial charge is 0.311 e. The molecule has 2 unspecified atom stereocenters. The number of nitrogens with one attached hydrogen (secondary N) is 1. The Balaban J connectivity index is 1.65. The SMILES string of the molecule is CC(CCn1cncn1)NC1CCCSC1. The predicted molar refractivity (Wildman–Crippen MR) is 67.6 cm³/mol. The van der Waals surface area contributed by atoms with Gasteiger partial charge in [0.05, 0.1) is 0 Å². The number of thioether (sulfide) groups is 1. The average molecular weight is 240 g/mol. The second kappa shape index (κ2) is 6.25. The quantitative estimate of drug-likeness (QED) is 0.848. The van der Waals surface area contributed by atoms with Crippen LogP contribution in [0.4, 0.5) is 0 Å². The van der Waals surface area contributed by atoms with Crippen LogP contribution in [-0.2, 0) is 6.54 Å². The Kier molecular flexibility index (Phi) is 4.66. The Morgan fingerprint density at radius 1 is 1.62 bits per heavy atom. The molecule has 1 saturated heterocycles. The Morgan fingerprint density at radius 2 is 2.56 bits per heavy atom. The number of hydrogen-bond acceptors (Lipinski definition) is 4. The number of aromatic nitrogens is 3. The van der Waals surface area contributed by atoms with Crippen molar-refractivity contribution in [3.8, 4) is 0 Å². The Morgan fingerprint density at radius 3 is 3.25 bits per heavy atom. The van der Waals surface area contributed by atoms with Crippen LogP contribution in [0.5, 0.6) is 0 Å². The molecule has 0 aliphatic carbocycles. The van der Waals surface area contributed by atoms with Crippen LogP contribution in [0.15, 0.2) is 12.7 Å². The molecular formula is C11H20N4S. The van der Waals surface area contributed by atoms with Gasteiger partial charge < -0.3 is 5.32 Å². The van der Waals surface area contributed by atoms with Gasteiger partial charge in [-0.1, -0.05) is 0 Å². The Hall–Kier alpha value is -0.550. The molecule has 0 spiro atoms. The summed E-state index contributed by atoms with van der Waals surface area (Å²) in [7, 11) is 0. The van der Waals surface area contributed by atoms with Crippen molar-refractivity contribution in [3.05, 3.63) is 12.7 Å². The molecule has 2 rings (SSSR count). The van der Waals surface area contributed by atoms with Crippen molar-refractivity contribution in [2.45, 2.75) is 44.8 Å². The molecule has 0 amide bonds. The van der Waals surface area contributed by atoms with E-state index in [1.54, 1.807) is 12.7 Å². The molecule has 1 aromatic heterocycles. The number of nitrogens with zero attached hydrogens (tertiary/aromatic N) is 3. The van der Waals surface area contributed by atoms with E-state index in [1.165, 1.54) is 24.3 Å². The molecule has 2 atom stereocenters. The van der Waals surface area contributed by atoms with Gasteiger partial charge in [-0.25, -0.2) is 4.98 Å². The third kappa shape index (κ3) is 3.79. The molecule has 0 radical (unpaired) electrons. The lowest BCUT2D eigenvalue weighted by atomic mass is 10.1. The predicted octanol–water partition coefficient (Wildman–Crippen LogP) is 1.54. The van der Waals surface area contributed by atoms with E-state index in [0.29, 0.717) is 12.1 Å². The minimum absolute atomic E-state index is 0.563. The van der Waals surface area contributed by atoms with Crippen LogP contribution in [-0.4, -0.2) is 38.4 Å². The lowest BCUT2D eigenvalue weighted by Crippen LogP contribution is -2.40. The smallest absolute Gasteiger partial charge is 0.137 e. The summed E-state index contributed by atoms with van der Waals surface area (Å²) in [5.41, 5.74) is 0. The van der Waals surface area contributed by atoms with Crippen LogP contribution in [0.1, 0.15) is 26.2 Å². The van der Waals surface area contributed by atoms with Crippen LogP contribution in [0.2, 0.25) is 0 Å². The first-order chi connectivity index (χ1) is 7.84. The van der Waals surface area contributed by atoms with Crippen molar-refractivity contribution in [2.75, 3.05) is 11.5 Å². The van der Waals surface area contributed by atoms with Gasteiger partial charge in [-0.2, -0.15) is 16.9 Å². The molecule has 0 bridgehead atoms. The van der Waals surface area contributed by atoms with E-state index in [-0.39, 0.29) is 0 Å². The summed E-state index contributed by atoms with van der Waals surface area (Å²) in [5.74, 6) is 2.61. The van der Waals surface area contributed by atoms with Crippen molar-refractivity contribution in [1.82, 2.24) is 20.1 Å². The first-order valence-electron chi connectivity index (χ1n) is 6.01. The highest BCUT2D eigenvalue weighted by molar-refractivity contribution is 7.99. The second-order valence-corrected chi connectivity index (χ2v) is 5.58. The Bertz CT molecular complexity index is 282. The molecule has 0 aromatic carbocycles. The van der Waals surface area contributed by atoms with Gasteiger partial charge in [0.15, 0.2) is 0 Å². The maximum absolute atomic E-state index is 4.11. The Labute approximate surface area is 101 Å². The molecule has 5 heteroatoms. The van der Waals surface area contributed by atoms with E-state index in [0.717, 1.165) is 13.0 Å². The molecule has 1 aliphatic heterocycles. The summed E-state index contributed by atoms with van der Waals surface area (Å²) in [6, 6.07) is 1.28. The second-order valence-electron chi connectivity index (χ2n) is 4.43. The number of hydrogen-bond donors (Lipinski definition) is 1.